The lowest BCUT2D eigenvalue weighted by Crippen LogP contribution is -2.63. The molecule has 0 spiro atoms. The minimum absolute atomic E-state index is 0.0397. The van der Waals surface area contributed by atoms with E-state index in [0.29, 0.717) is 0 Å². The third-order valence-electron chi connectivity index (χ3n) is 3.27. The summed E-state index contributed by atoms with van der Waals surface area (Å²) in [5.41, 5.74) is -1.83. The van der Waals surface area contributed by atoms with Gasteiger partial charge in [0.2, 0.25) is 0 Å². The maximum Gasteiger partial charge on any atom is 0.471 e. The highest BCUT2D eigenvalue weighted by Gasteiger charge is 2.49. The van der Waals surface area contributed by atoms with Crippen LogP contribution in [0, 0.1) is 0 Å². The van der Waals surface area contributed by atoms with Crippen LogP contribution in [0.1, 0.15) is 20.3 Å². The molecule has 0 saturated carbocycles. The van der Waals surface area contributed by atoms with Crippen LogP contribution in [0.2, 0.25) is 0 Å². The predicted octanol–water partition coefficient (Wildman–Crippen LogP) is 1.81. The topological polar surface area (TPSA) is 47.6 Å². The third-order valence-corrected chi connectivity index (χ3v) is 3.56. The lowest BCUT2D eigenvalue weighted by atomic mass is 9.86. The number of amides is 1. The predicted molar refractivity (Wildman–Crippen MR) is 58.2 cm³/mol. The molecule has 1 aliphatic heterocycles. The molecule has 1 saturated heterocycles. The molecule has 0 aromatic heterocycles. The fraction of sp³-hybridized carbons (Fsp3) is 0.900. The molecule has 0 bridgehead atoms. The van der Waals surface area contributed by atoms with Crippen LogP contribution in [-0.4, -0.2) is 42.5 Å². The van der Waals surface area contributed by atoms with Crippen molar-refractivity contribution < 1.29 is 27.4 Å². The van der Waals surface area contributed by atoms with Crippen molar-refractivity contribution >= 4 is 17.5 Å². The van der Waals surface area contributed by atoms with E-state index in [9.17, 15) is 18.0 Å². The Balaban J connectivity index is 2.86. The average Bonchev–Trinajstić information content (AvgIpc) is 2.23. The zero-order chi connectivity index (χ0) is 14.1. The first-order valence-electron chi connectivity index (χ1n) is 5.33. The van der Waals surface area contributed by atoms with Crippen LogP contribution < -0.4 is 5.32 Å². The van der Waals surface area contributed by atoms with Crippen LogP contribution in [0.25, 0.3) is 0 Å². The van der Waals surface area contributed by atoms with E-state index >= 15 is 0 Å². The molecule has 8 heteroatoms. The Bertz CT molecular complexity index is 326. The molecule has 106 valence electrons. The van der Waals surface area contributed by atoms with E-state index in [0.717, 1.165) is 0 Å². The highest BCUT2D eigenvalue weighted by atomic mass is 35.5. The number of carbonyl (C=O) groups excluding carboxylic acids is 1. The normalized spacial score (nSPS) is 37.4. The molecule has 0 aliphatic carbocycles. The molecule has 1 rings (SSSR count). The Labute approximate surface area is 108 Å². The molecule has 4 atom stereocenters. The van der Waals surface area contributed by atoms with Gasteiger partial charge in [-0.1, -0.05) is 11.6 Å². The molecule has 1 heterocycles. The van der Waals surface area contributed by atoms with Crippen molar-refractivity contribution in [2.24, 2.45) is 0 Å². The summed E-state index contributed by atoms with van der Waals surface area (Å²) in [6.07, 6.45) is -5.44. The van der Waals surface area contributed by atoms with Crippen LogP contribution >= 0.6 is 11.6 Å². The number of hydrogen-bond acceptors (Lipinski definition) is 3. The minimum Gasteiger partial charge on any atom is -0.374 e. The van der Waals surface area contributed by atoms with Crippen molar-refractivity contribution in [2.45, 2.75) is 49.8 Å². The molecule has 4 nitrogen and oxygen atoms in total. The van der Waals surface area contributed by atoms with Crippen LogP contribution in [0.4, 0.5) is 13.2 Å². The molecular formula is C10H15ClF3NO3. The number of nitrogens with one attached hydrogen (secondary N) is 1. The summed E-state index contributed by atoms with van der Waals surface area (Å²) in [5, 5.41) is 1.91. The van der Waals surface area contributed by atoms with E-state index < -0.39 is 35.4 Å². The standard InChI is InChI=1S/C10H15ClF3NO3/c1-5-9(2,17-3)6(4-7(11)18-5)15-8(16)10(12,13)14/h5-7H,4H2,1-3H3,(H,15,16)/t5-,6-,7?,9+/m0/s1. The van der Waals surface area contributed by atoms with Gasteiger partial charge in [0.25, 0.3) is 0 Å². The lowest BCUT2D eigenvalue weighted by molar-refractivity contribution is -0.191. The van der Waals surface area contributed by atoms with Gasteiger partial charge in [-0.15, -0.1) is 0 Å². The van der Waals surface area contributed by atoms with Gasteiger partial charge in [-0.2, -0.15) is 13.2 Å². The van der Waals surface area contributed by atoms with Crippen molar-refractivity contribution in [1.82, 2.24) is 5.32 Å². The number of carbonyl (C=O) groups is 1. The van der Waals surface area contributed by atoms with Gasteiger partial charge in [-0.3, -0.25) is 4.79 Å². The van der Waals surface area contributed by atoms with Crippen molar-refractivity contribution in [3.05, 3.63) is 0 Å². The van der Waals surface area contributed by atoms with Gasteiger partial charge in [0.1, 0.15) is 11.2 Å². The van der Waals surface area contributed by atoms with Crippen molar-refractivity contribution in [3.8, 4) is 0 Å². The second-order valence-corrected chi connectivity index (χ2v) is 4.82. The molecule has 0 aromatic carbocycles. The first-order valence-corrected chi connectivity index (χ1v) is 5.77. The minimum atomic E-state index is -4.93. The molecule has 1 N–H and O–H groups in total. The summed E-state index contributed by atoms with van der Waals surface area (Å²) in [7, 11) is 1.35. The molecule has 1 fully saturated rings. The monoisotopic (exact) mass is 289 g/mol. The summed E-state index contributed by atoms with van der Waals surface area (Å²) in [6.45, 7) is 3.20. The first kappa shape index (κ1) is 15.5. The molecular weight excluding hydrogens is 275 g/mol. The Kier molecular flexibility index (Phi) is 4.51. The second-order valence-electron chi connectivity index (χ2n) is 4.34. The maximum absolute atomic E-state index is 12.2. The summed E-state index contributed by atoms with van der Waals surface area (Å²) in [6, 6.07) is -0.872. The van der Waals surface area contributed by atoms with Gasteiger partial charge < -0.3 is 14.8 Å². The van der Waals surface area contributed by atoms with E-state index in [1.165, 1.54) is 7.11 Å². The number of rotatable bonds is 2. The fourth-order valence-corrected chi connectivity index (χ4v) is 2.20. The molecule has 18 heavy (non-hydrogen) atoms. The average molecular weight is 290 g/mol. The Hall–Kier alpha value is -0.530. The summed E-state index contributed by atoms with van der Waals surface area (Å²) in [5.74, 6) is -2.01. The summed E-state index contributed by atoms with van der Waals surface area (Å²) in [4.78, 5) is 11.0. The molecule has 0 aromatic rings. The Morgan fingerprint density at radius 3 is 2.56 bits per heavy atom. The fourth-order valence-electron chi connectivity index (χ4n) is 1.87. The van der Waals surface area contributed by atoms with E-state index in [1.54, 1.807) is 13.8 Å². The number of halogens is 4. The number of alkyl halides is 4. The van der Waals surface area contributed by atoms with Crippen molar-refractivity contribution in [3.63, 3.8) is 0 Å². The zero-order valence-corrected chi connectivity index (χ0v) is 10.9. The van der Waals surface area contributed by atoms with E-state index in [1.807, 2.05) is 5.32 Å². The van der Waals surface area contributed by atoms with Gasteiger partial charge in [0, 0.05) is 13.5 Å². The number of hydrogen-bond donors (Lipinski definition) is 1. The van der Waals surface area contributed by atoms with Crippen LogP contribution in [-0.2, 0) is 14.3 Å². The quantitative estimate of drug-likeness (QED) is 0.789. The van der Waals surface area contributed by atoms with E-state index in [-0.39, 0.29) is 6.42 Å². The van der Waals surface area contributed by atoms with Gasteiger partial charge >= 0.3 is 12.1 Å². The zero-order valence-electron chi connectivity index (χ0n) is 10.2. The van der Waals surface area contributed by atoms with Gasteiger partial charge in [-0.05, 0) is 13.8 Å². The number of methoxy groups -OCH3 is 1. The Morgan fingerprint density at radius 1 is 1.56 bits per heavy atom. The summed E-state index contributed by atoms with van der Waals surface area (Å²) < 4.78 is 47.2. The molecule has 0 radical (unpaired) electrons. The van der Waals surface area contributed by atoms with Gasteiger partial charge in [0.05, 0.1) is 12.1 Å². The van der Waals surface area contributed by atoms with Crippen molar-refractivity contribution in [1.29, 1.82) is 0 Å². The van der Waals surface area contributed by atoms with E-state index in [2.05, 4.69) is 0 Å². The van der Waals surface area contributed by atoms with Gasteiger partial charge in [0.15, 0.2) is 0 Å². The maximum atomic E-state index is 12.2. The SMILES string of the molecule is CO[C@@]1(C)[C@@H](NC(=O)C(F)(F)F)CC(Cl)O[C@H]1C. The largest absolute Gasteiger partial charge is 0.471 e. The smallest absolute Gasteiger partial charge is 0.374 e. The molecule has 1 aliphatic rings. The van der Waals surface area contributed by atoms with Gasteiger partial charge in [-0.25, -0.2) is 0 Å². The first-order chi connectivity index (χ1) is 8.11. The highest BCUT2D eigenvalue weighted by molar-refractivity contribution is 6.19. The molecule has 1 amide bonds. The van der Waals surface area contributed by atoms with E-state index in [4.69, 9.17) is 21.1 Å². The third kappa shape index (κ3) is 3.07. The van der Waals surface area contributed by atoms with Crippen LogP contribution in [0.5, 0.6) is 0 Å². The highest BCUT2D eigenvalue weighted by Crippen LogP contribution is 2.33. The van der Waals surface area contributed by atoms with Crippen LogP contribution in [0.15, 0.2) is 0 Å². The molecule has 1 unspecified atom stereocenters. The second kappa shape index (κ2) is 5.22. The Morgan fingerprint density at radius 2 is 2.11 bits per heavy atom. The number of ether oxygens (including phenoxy) is 2. The lowest BCUT2D eigenvalue weighted by Gasteiger charge is -2.46. The van der Waals surface area contributed by atoms with Crippen molar-refractivity contribution in [2.75, 3.05) is 7.11 Å². The van der Waals surface area contributed by atoms with Crippen LogP contribution in [0.3, 0.4) is 0 Å². The summed E-state index contributed by atoms with van der Waals surface area (Å²) >= 11 is 5.78.